The van der Waals surface area contributed by atoms with Crippen LogP contribution in [0.5, 0.6) is 5.88 Å². The van der Waals surface area contributed by atoms with Crippen LogP contribution in [0.2, 0.25) is 0 Å². The Bertz CT molecular complexity index is 311. The smallest absolute Gasteiger partial charge is 0.219 e. The molecule has 0 saturated carbocycles. The van der Waals surface area contributed by atoms with Crippen LogP contribution in [0.4, 0.5) is 5.82 Å². The topological polar surface area (TPSA) is 47.0 Å². The van der Waals surface area contributed by atoms with Crippen molar-refractivity contribution in [2.45, 2.75) is 37.8 Å². The largest absolute Gasteiger partial charge is 0.478 e. The van der Waals surface area contributed by atoms with E-state index < -0.39 is 0 Å². The van der Waals surface area contributed by atoms with E-state index in [9.17, 15) is 0 Å². The first kappa shape index (κ1) is 14.1. The molecule has 5 heteroatoms. The number of nitrogens with one attached hydrogen (secondary N) is 1. The third kappa shape index (κ3) is 5.26. The van der Waals surface area contributed by atoms with Crippen LogP contribution in [0.15, 0.2) is 11.2 Å². The van der Waals surface area contributed by atoms with E-state index in [-0.39, 0.29) is 0 Å². The Morgan fingerprint density at radius 1 is 1.29 bits per heavy atom. The number of anilines is 1. The molecule has 1 aromatic rings. The average molecular weight is 255 g/mol. The molecule has 17 heavy (non-hydrogen) atoms. The number of unbranched alkanes of at least 4 members (excludes halogenated alkanes) is 3. The Kier molecular flexibility index (Phi) is 6.77. The predicted octanol–water partition coefficient (Wildman–Crippen LogP) is 3.20. The number of rotatable bonds is 8. The Morgan fingerprint density at radius 2 is 2.12 bits per heavy atom. The Morgan fingerprint density at radius 3 is 2.76 bits per heavy atom. The van der Waals surface area contributed by atoms with Gasteiger partial charge in [-0.15, -0.1) is 0 Å². The number of nitrogens with zero attached hydrogens (tertiary/aromatic N) is 2. The molecule has 1 rings (SSSR count). The minimum Gasteiger partial charge on any atom is -0.478 e. The van der Waals surface area contributed by atoms with E-state index in [1.807, 2.05) is 19.4 Å². The van der Waals surface area contributed by atoms with Crippen LogP contribution in [0.1, 0.15) is 32.6 Å². The molecule has 1 aromatic heterocycles. The quantitative estimate of drug-likeness (QED) is 0.439. The number of hydrogen-bond donors (Lipinski definition) is 1. The molecular weight excluding hydrogens is 234 g/mol. The van der Waals surface area contributed by atoms with Crippen molar-refractivity contribution in [1.29, 1.82) is 0 Å². The van der Waals surface area contributed by atoms with Gasteiger partial charge in [0.2, 0.25) is 5.88 Å². The number of thioether (sulfide) groups is 1. The molecule has 0 aliphatic carbocycles. The van der Waals surface area contributed by atoms with Crippen LogP contribution in [-0.2, 0) is 0 Å². The molecule has 0 aliphatic rings. The number of ether oxygens (including phenoxy) is 1. The second-order valence-electron chi connectivity index (χ2n) is 3.74. The zero-order chi connectivity index (χ0) is 12.5. The molecule has 0 saturated heterocycles. The van der Waals surface area contributed by atoms with Gasteiger partial charge < -0.3 is 10.1 Å². The lowest BCUT2D eigenvalue weighted by Crippen LogP contribution is -2.02. The average Bonchev–Trinajstić information content (AvgIpc) is 2.38. The zero-order valence-corrected chi connectivity index (χ0v) is 11.6. The fourth-order valence-electron chi connectivity index (χ4n) is 1.40. The molecule has 0 aromatic carbocycles. The number of hydrogen-bond acceptors (Lipinski definition) is 5. The minimum absolute atomic E-state index is 0.658. The van der Waals surface area contributed by atoms with Crippen molar-refractivity contribution >= 4 is 17.6 Å². The van der Waals surface area contributed by atoms with Crippen molar-refractivity contribution in [3.63, 3.8) is 0 Å². The predicted molar refractivity (Wildman–Crippen MR) is 73.0 cm³/mol. The van der Waals surface area contributed by atoms with E-state index in [0.29, 0.717) is 5.88 Å². The van der Waals surface area contributed by atoms with Gasteiger partial charge in [-0.1, -0.05) is 37.9 Å². The third-order valence-electron chi connectivity index (χ3n) is 2.37. The minimum atomic E-state index is 0.658. The van der Waals surface area contributed by atoms with Gasteiger partial charge >= 0.3 is 0 Å². The van der Waals surface area contributed by atoms with Crippen molar-refractivity contribution in [3.8, 4) is 5.88 Å². The molecule has 1 heterocycles. The summed E-state index contributed by atoms with van der Waals surface area (Å²) in [6, 6.07) is 1.83. The SMILES string of the molecule is CCCCCCOc1cc(NC)nc(SC)n1. The highest BCUT2D eigenvalue weighted by Gasteiger charge is 2.03. The second-order valence-corrected chi connectivity index (χ2v) is 4.51. The first-order chi connectivity index (χ1) is 8.30. The van der Waals surface area contributed by atoms with E-state index in [4.69, 9.17) is 4.74 Å². The lowest BCUT2D eigenvalue weighted by Gasteiger charge is -2.08. The van der Waals surface area contributed by atoms with E-state index in [1.54, 1.807) is 0 Å². The van der Waals surface area contributed by atoms with Gasteiger partial charge in [-0.2, -0.15) is 4.98 Å². The molecule has 96 valence electrons. The molecule has 0 unspecified atom stereocenters. The normalized spacial score (nSPS) is 10.3. The Balaban J connectivity index is 2.46. The Hall–Kier alpha value is -0.970. The highest BCUT2D eigenvalue weighted by molar-refractivity contribution is 7.98. The van der Waals surface area contributed by atoms with E-state index in [2.05, 4.69) is 22.2 Å². The van der Waals surface area contributed by atoms with Gasteiger partial charge in [0, 0.05) is 13.1 Å². The summed E-state index contributed by atoms with van der Waals surface area (Å²) >= 11 is 1.52. The van der Waals surface area contributed by atoms with Crippen molar-refractivity contribution in [3.05, 3.63) is 6.07 Å². The van der Waals surface area contributed by atoms with Crippen LogP contribution < -0.4 is 10.1 Å². The van der Waals surface area contributed by atoms with Crippen LogP contribution in [-0.4, -0.2) is 29.9 Å². The molecule has 0 spiro atoms. The van der Waals surface area contributed by atoms with Gasteiger partial charge in [0.1, 0.15) is 5.82 Å². The maximum atomic E-state index is 5.63. The zero-order valence-electron chi connectivity index (χ0n) is 10.8. The molecule has 0 radical (unpaired) electrons. The van der Waals surface area contributed by atoms with Crippen LogP contribution in [0.3, 0.4) is 0 Å². The molecule has 0 fully saturated rings. The summed E-state index contributed by atoms with van der Waals surface area (Å²) in [7, 11) is 1.84. The second kappa shape index (κ2) is 8.17. The van der Waals surface area contributed by atoms with Crippen molar-refractivity contribution in [1.82, 2.24) is 9.97 Å². The van der Waals surface area contributed by atoms with Gasteiger partial charge in [-0.25, -0.2) is 4.98 Å². The molecule has 0 atom stereocenters. The molecule has 0 aliphatic heterocycles. The van der Waals surface area contributed by atoms with Crippen molar-refractivity contribution in [2.24, 2.45) is 0 Å². The standard InChI is InChI=1S/C12H21N3OS/c1-4-5-6-7-8-16-11-9-10(13-2)14-12(15-11)17-3/h9H,4-8H2,1-3H3,(H,13,14,15). The van der Waals surface area contributed by atoms with Crippen LogP contribution in [0, 0.1) is 0 Å². The summed E-state index contributed by atoms with van der Waals surface area (Å²) in [4.78, 5) is 8.60. The lowest BCUT2D eigenvalue weighted by atomic mass is 10.2. The highest BCUT2D eigenvalue weighted by Crippen LogP contribution is 2.18. The fraction of sp³-hybridized carbons (Fsp3) is 0.667. The molecular formula is C12H21N3OS. The van der Waals surface area contributed by atoms with Gasteiger partial charge in [-0.3, -0.25) is 0 Å². The van der Waals surface area contributed by atoms with Crippen LogP contribution in [0.25, 0.3) is 0 Å². The summed E-state index contributed by atoms with van der Waals surface area (Å²) in [6.07, 6.45) is 6.77. The van der Waals surface area contributed by atoms with Crippen molar-refractivity contribution in [2.75, 3.05) is 25.2 Å². The maximum Gasteiger partial charge on any atom is 0.219 e. The van der Waals surface area contributed by atoms with Crippen molar-refractivity contribution < 1.29 is 4.74 Å². The van der Waals surface area contributed by atoms with Gasteiger partial charge in [0.05, 0.1) is 6.61 Å². The monoisotopic (exact) mass is 255 g/mol. The fourth-order valence-corrected chi connectivity index (χ4v) is 1.77. The molecule has 0 bridgehead atoms. The summed E-state index contributed by atoms with van der Waals surface area (Å²) < 4.78 is 5.63. The van der Waals surface area contributed by atoms with Gasteiger partial charge in [0.25, 0.3) is 0 Å². The maximum absolute atomic E-state index is 5.63. The molecule has 4 nitrogen and oxygen atoms in total. The molecule has 0 amide bonds. The van der Waals surface area contributed by atoms with Gasteiger partial charge in [-0.05, 0) is 12.7 Å². The van der Waals surface area contributed by atoms with E-state index >= 15 is 0 Å². The third-order valence-corrected chi connectivity index (χ3v) is 2.92. The highest BCUT2D eigenvalue weighted by atomic mass is 32.2. The summed E-state index contributed by atoms with van der Waals surface area (Å²) in [5.41, 5.74) is 0. The lowest BCUT2D eigenvalue weighted by molar-refractivity contribution is 0.291. The molecule has 1 N–H and O–H groups in total. The Labute approximate surface area is 108 Å². The first-order valence-electron chi connectivity index (χ1n) is 6.03. The first-order valence-corrected chi connectivity index (χ1v) is 7.26. The van der Waals surface area contributed by atoms with Crippen LogP contribution >= 0.6 is 11.8 Å². The van der Waals surface area contributed by atoms with Gasteiger partial charge in [0.15, 0.2) is 5.16 Å². The van der Waals surface area contributed by atoms with E-state index in [0.717, 1.165) is 24.0 Å². The van der Waals surface area contributed by atoms with E-state index in [1.165, 1.54) is 31.0 Å². The summed E-state index contributed by atoms with van der Waals surface area (Å²) in [5, 5.41) is 3.74. The summed E-state index contributed by atoms with van der Waals surface area (Å²) in [5.74, 6) is 1.46. The summed E-state index contributed by atoms with van der Waals surface area (Å²) in [6.45, 7) is 2.93. The number of aromatic nitrogens is 2.